The zero-order chi connectivity index (χ0) is 13.0. The zero-order valence-electron chi connectivity index (χ0n) is 10.4. The van der Waals surface area contributed by atoms with E-state index in [2.05, 4.69) is 16.4 Å². The van der Waals surface area contributed by atoms with E-state index in [1.54, 1.807) is 12.1 Å². The first-order valence-electron chi connectivity index (χ1n) is 6.04. The number of aromatic nitrogens is 1. The number of ether oxygens (including phenoxy) is 1. The third kappa shape index (κ3) is 3.19. The van der Waals surface area contributed by atoms with E-state index >= 15 is 0 Å². The number of anilines is 1. The van der Waals surface area contributed by atoms with Crippen LogP contribution in [0.25, 0.3) is 0 Å². The van der Waals surface area contributed by atoms with Crippen molar-refractivity contribution >= 4 is 5.82 Å². The molecule has 0 radical (unpaired) electrons. The minimum absolute atomic E-state index is 0.428. The summed E-state index contributed by atoms with van der Waals surface area (Å²) < 4.78 is 5.23. The number of pyridine rings is 1. The monoisotopic (exact) mass is 247 g/mol. The van der Waals surface area contributed by atoms with Crippen LogP contribution in [0.4, 0.5) is 5.82 Å². The fourth-order valence-corrected chi connectivity index (χ4v) is 2.01. The van der Waals surface area contributed by atoms with Gasteiger partial charge in [0.15, 0.2) is 0 Å². The topological polar surface area (TPSA) is 78.2 Å². The Morgan fingerprint density at radius 2 is 2.22 bits per heavy atom. The van der Waals surface area contributed by atoms with Crippen LogP contribution in [0.15, 0.2) is 12.1 Å². The minimum atomic E-state index is -0.740. The second-order valence-electron chi connectivity index (χ2n) is 4.68. The molecule has 2 rings (SSSR count). The number of aryl methyl sites for hydroxylation is 1. The number of nitrogens with zero attached hydrogens (tertiary/aromatic N) is 2. The van der Waals surface area contributed by atoms with Gasteiger partial charge in [-0.25, -0.2) is 4.98 Å². The van der Waals surface area contributed by atoms with Crippen LogP contribution in [-0.4, -0.2) is 35.5 Å². The molecule has 18 heavy (non-hydrogen) atoms. The molecule has 0 spiro atoms. The summed E-state index contributed by atoms with van der Waals surface area (Å²) in [6, 6.07) is 5.51. The number of nitriles is 1. The molecule has 1 aliphatic heterocycles. The molecule has 0 aliphatic carbocycles. The molecule has 0 saturated carbocycles. The molecule has 2 N–H and O–H groups in total. The highest BCUT2D eigenvalue weighted by molar-refractivity contribution is 5.44. The van der Waals surface area contributed by atoms with Crippen molar-refractivity contribution in [1.29, 1.82) is 5.26 Å². The lowest BCUT2D eigenvalue weighted by Gasteiger charge is -2.32. The Morgan fingerprint density at radius 1 is 1.50 bits per heavy atom. The van der Waals surface area contributed by atoms with Crippen molar-refractivity contribution in [2.75, 3.05) is 25.1 Å². The molecule has 0 atom stereocenters. The Labute approximate surface area is 106 Å². The molecule has 1 aliphatic rings. The lowest BCUT2D eigenvalue weighted by Crippen LogP contribution is -2.42. The molecule has 0 bridgehead atoms. The van der Waals surface area contributed by atoms with Gasteiger partial charge >= 0.3 is 0 Å². The second kappa shape index (κ2) is 5.34. The third-order valence-corrected chi connectivity index (χ3v) is 3.10. The fourth-order valence-electron chi connectivity index (χ4n) is 2.01. The first-order chi connectivity index (χ1) is 8.61. The van der Waals surface area contributed by atoms with Crippen LogP contribution in [0.5, 0.6) is 0 Å². The summed E-state index contributed by atoms with van der Waals surface area (Å²) in [7, 11) is 0. The summed E-state index contributed by atoms with van der Waals surface area (Å²) >= 11 is 0. The Kier molecular flexibility index (Phi) is 3.80. The van der Waals surface area contributed by atoms with Gasteiger partial charge in [-0.05, 0) is 19.1 Å². The van der Waals surface area contributed by atoms with Crippen LogP contribution in [0.1, 0.15) is 24.1 Å². The standard InChI is InChI=1S/C13H17N3O2/c1-10-6-11(8-14)7-12(16-10)15-9-13(17)2-4-18-5-3-13/h6-7,17H,2-5,9H2,1H3,(H,15,16). The van der Waals surface area contributed by atoms with Crippen molar-refractivity contribution in [3.8, 4) is 6.07 Å². The number of hydrogen-bond acceptors (Lipinski definition) is 5. The average Bonchev–Trinajstić information content (AvgIpc) is 2.37. The molecule has 5 heteroatoms. The SMILES string of the molecule is Cc1cc(C#N)cc(NCC2(O)CCOCC2)n1. The van der Waals surface area contributed by atoms with E-state index in [-0.39, 0.29) is 0 Å². The van der Waals surface area contributed by atoms with Gasteiger partial charge in [0.1, 0.15) is 5.82 Å². The fraction of sp³-hybridized carbons (Fsp3) is 0.538. The number of aliphatic hydroxyl groups is 1. The van der Waals surface area contributed by atoms with Crippen molar-refractivity contribution in [2.24, 2.45) is 0 Å². The quantitative estimate of drug-likeness (QED) is 0.839. The van der Waals surface area contributed by atoms with Gasteiger partial charge in [-0.3, -0.25) is 0 Å². The molecular formula is C13H17N3O2. The van der Waals surface area contributed by atoms with Gasteiger partial charge in [0.2, 0.25) is 0 Å². The van der Waals surface area contributed by atoms with Crippen molar-refractivity contribution in [3.05, 3.63) is 23.4 Å². The largest absolute Gasteiger partial charge is 0.388 e. The van der Waals surface area contributed by atoms with Gasteiger partial charge in [-0.1, -0.05) is 0 Å². The third-order valence-electron chi connectivity index (χ3n) is 3.10. The molecule has 2 heterocycles. The number of hydrogen-bond donors (Lipinski definition) is 2. The molecule has 0 aromatic carbocycles. The van der Waals surface area contributed by atoms with E-state index in [1.165, 1.54) is 0 Å². The van der Waals surface area contributed by atoms with Gasteiger partial charge in [-0.2, -0.15) is 5.26 Å². The molecule has 0 amide bonds. The average molecular weight is 247 g/mol. The summed E-state index contributed by atoms with van der Waals surface area (Å²) in [5, 5.41) is 22.3. The zero-order valence-corrected chi connectivity index (χ0v) is 10.4. The maximum Gasteiger partial charge on any atom is 0.127 e. The molecule has 1 aromatic heterocycles. The van der Waals surface area contributed by atoms with Crippen molar-refractivity contribution in [3.63, 3.8) is 0 Å². The van der Waals surface area contributed by atoms with Gasteiger partial charge in [0, 0.05) is 38.3 Å². The lowest BCUT2D eigenvalue weighted by atomic mass is 9.94. The molecule has 96 valence electrons. The minimum Gasteiger partial charge on any atom is -0.388 e. The summed E-state index contributed by atoms with van der Waals surface area (Å²) in [4.78, 5) is 4.29. The van der Waals surface area contributed by atoms with Crippen LogP contribution in [0.2, 0.25) is 0 Å². The summed E-state index contributed by atoms with van der Waals surface area (Å²) in [5.74, 6) is 0.631. The van der Waals surface area contributed by atoms with Crippen LogP contribution >= 0.6 is 0 Å². The van der Waals surface area contributed by atoms with Gasteiger partial charge in [0.05, 0.1) is 17.2 Å². The number of nitrogens with one attached hydrogen (secondary N) is 1. The predicted molar refractivity (Wildman–Crippen MR) is 67.2 cm³/mol. The van der Waals surface area contributed by atoms with E-state index in [0.717, 1.165) is 5.69 Å². The number of rotatable bonds is 3. The van der Waals surface area contributed by atoms with E-state index in [1.807, 2.05) is 6.92 Å². The Bertz CT molecular complexity index is 462. The van der Waals surface area contributed by atoms with E-state index in [4.69, 9.17) is 10.00 Å². The molecular weight excluding hydrogens is 230 g/mol. The Morgan fingerprint density at radius 3 is 2.89 bits per heavy atom. The van der Waals surface area contributed by atoms with Gasteiger partial charge in [-0.15, -0.1) is 0 Å². The summed E-state index contributed by atoms with van der Waals surface area (Å²) in [6.07, 6.45) is 1.24. The van der Waals surface area contributed by atoms with Crippen LogP contribution in [-0.2, 0) is 4.74 Å². The smallest absolute Gasteiger partial charge is 0.127 e. The lowest BCUT2D eigenvalue weighted by molar-refractivity contribution is -0.0543. The first kappa shape index (κ1) is 12.8. The summed E-state index contributed by atoms with van der Waals surface area (Å²) in [6.45, 7) is 3.44. The highest BCUT2D eigenvalue weighted by Gasteiger charge is 2.29. The molecule has 5 nitrogen and oxygen atoms in total. The molecule has 1 aromatic rings. The molecule has 1 fully saturated rings. The van der Waals surface area contributed by atoms with E-state index in [9.17, 15) is 5.11 Å². The normalized spacial score (nSPS) is 18.1. The van der Waals surface area contributed by atoms with E-state index < -0.39 is 5.60 Å². The van der Waals surface area contributed by atoms with Crippen LogP contribution < -0.4 is 5.32 Å². The van der Waals surface area contributed by atoms with E-state index in [0.29, 0.717) is 44.0 Å². The summed E-state index contributed by atoms with van der Waals surface area (Å²) in [5.41, 5.74) is 0.621. The molecule has 1 saturated heterocycles. The Balaban J connectivity index is 2.01. The van der Waals surface area contributed by atoms with Crippen molar-refractivity contribution in [1.82, 2.24) is 4.98 Å². The maximum atomic E-state index is 10.3. The van der Waals surface area contributed by atoms with Crippen LogP contribution in [0, 0.1) is 18.3 Å². The predicted octanol–water partition coefficient (Wildman–Crippen LogP) is 1.22. The Hall–Kier alpha value is -1.64. The van der Waals surface area contributed by atoms with Gasteiger partial charge < -0.3 is 15.2 Å². The van der Waals surface area contributed by atoms with Crippen LogP contribution in [0.3, 0.4) is 0 Å². The second-order valence-corrected chi connectivity index (χ2v) is 4.68. The highest BCUT2D eigenvalue weighted by atomic mass is 16.5. The van der Waals surface area contributed by atoms with Crippen molar-refractivity contribution < 1.29 is 9.84 Å². The molecule has 0 unspecified atom stereocenters. The maximum absolute atomic E-state index is 10.3. The van der Waals surface area contributed by atoms with Gasteiger partial charge in [0.25, 0.3) is 0 Å². The highest BCUT2D eigenvalue weighted by Crippen LogP contribution is 2.21. The first-order valence-corrected chi connectivity index (χ1v) is 6.04. The van der Waals surface area contributed by atoms with Crippen molar-refractivity contribution in [2.45, 2.75) is 25.4 Å².